The lowest BCUT2D eigenvalue weighted by atomic mass is 10.0. The number of amidine groups is 1. The third-order valence-electron chi connectivity index (χ3n) is 4.62. The molecule has 6 heteroatoms. The van der Waals surface area contributed by atoms with Gasteiger partial charge in [-0.25, -0.2) is 4.99 Å². The van der Waals surface area contributed by atoms with Gasteiger partial charge in [-0.2, -0.15) is 0 Å². The van der Waals surface area contributed by atoms with Crippen LogP contribution in [0.15, 0.2) is 70.6 Å². The van der Waals surface area contributed by atoms with Gasteiger partial charge in [-0.3, -0.25) is 4.79 Å². The van der Waals surface area contributed by atoms with Gasteiger partial charge in [-0.15, -0.1) is 0 Å². The molecule has 0 saturated carbocycles. The van der Waals surface area contributed by atoms with E-state index in [1.807, 2.05) is 60.7 Å². The lowest BCUT2D eigenvalue weighted by Gasteiger charge is -2.11. The van der Waals surface area contributed by atoms with Crippen molar-refractivity contribution in [2.24, 2.45) is 4.99 Å². The van der Waals surface area contributed by atoms with Crippen molar-refractivity contribution >= 4 is 45.4 Å². The molecule has 0 aliphatic carbocycles. The fourth-order valence-electron chi connectivity index (χ4n) is 3.15. The molecule has 0 spiro atoms. The second kappa shape index (κ2) is 9.05. The summed E-state index contributed by atoms with van der Waals surface area (Å²) >= 11 is 1.32. The van der Waals surface area contributed by atoms with E-state index in [0.29, 0.717) is 16.7 Å². The number of amides is 1. The molecular weight excluding hydrogens is 396 g/mol. The van der Waals surface area contributed by atoms with Crippen LogP contribution in [0.1, 0.15) is 18.9 Å². The van der Waals surface area contributed by atoms with Gasteiger partial charge >= 0.3 is 0 Å². The predicted molar refractivity (Wildman–Crippen MR) is 124 cm³/mol. The van der Waals surface area contributed by atoms with E-state index in [-0.39, 0.29) is 5.91 Å². The topological polar surface area (TPSA) is 59.9 Å². The first-order valence-electron chi connectivity index (χ1n) is 9.76. The van der Waals surface area contributed by atoms with Crippen molar-refractivity contribution in [3.63, 3.8) is 0 Å². The average Bonchev–Trinajstić information content (AvgIpc) is 3.12. The molecule has 5 nitrogen and oxygen atoms in total. The molecule has 3 aromatic rings. The smallest absolute Gasteiger partial charge is 0.264 e. The number of nitrogens with zero attached hydrogens (tertiary/aromatic N) is 1. The van der Waals surface area contributed by atoms with Crippen LogP contribution in [0.25, 0.3) is 16.8 Å². The molecule has 4 rings (SSSR count). The van der Waals surface area contributed by atoms with E-state index >= 15 is 0 Å². The fourth-order valence-corrected chi connectivity index (χ4v) is 3.97. The summed E-state index contributed by atoms with van der Waals surface area (Å²) in [5.41, 5.74) is 1.65. The van der Waals surface area contributed by atoms with Crippen LogP contribution < -0.4 is 14.8 Å². The number of thioether (sulfide) groups is 1. The van der Waals surface area contributed by atoms with Gasteiger partial charge in [0.2, 0.25) is 0 Å². The maximum atomic E-state index is 12.6. The molecule has 30 heavy (non-hydrogen) atoms. The van der Waals surface area contributed by atoms with E-state index in [9.17, 15) is 4.79 Å². The Morgan fingerprint density at radius 1 is 1.07 bits per heavy atom. The number of carbonyl (C=O) groups is 1. The van der Waals surface area contributed by atoms with E-state index in [0.717, 1.165) is 39.9 Å². The summed E-state index contributed by atoms with van der Waals surface area (Å²) in [5, 5.41) is 5.54. The first-order valence-corrected chi connectivity index (χ1v) is 10.6. The van der Waals surface area contributed by atoms with Gasteiger partial charge in [0.15, 0.2) is 5.17 Å². The molecule has 1 N–H and O–H groups in total. The van der Waals surface area contributed by atoms with Crippen LogP contribution in [-0.4, -0.2) is 24.8 Å². The monoisotopic (exact) mass is 418 g/mol. The van der Waals surface area contributed by atoms with Crippen molar-refractivity contribution in [3.05, 3.63) is 71.1 Å². The summed E-state index contributed by atoms with van der Waals surface area (Å²) in [6.45, 7) is 2.69. The van der Waals surface area contributed by atoms with Crippen LogP contribution in [0.5, 0.6) is 11.5 Å². The minimum atomic E-state index is -0.165. The van der Waals surface area contributed by atoms with Crippen LogP contribution in [-0.2, 0) is 4.79 Å². The Kier molecular flexibility index (Phi) is 6.05. The first kappa shape index (κ1) is 20.0. The SMILES string of the molecule is CCCOc1ccc2ccccc2c1/C=C1/SC(=Nc2ccc(OC)cc2)NC1=O. The highest BCUT2D eigenvalue weighted by Gasteiger charge is 2.24. The fraction of sp³-hybridized carbons (Fsp3) is 0.167. The molecule has 0 radical (unpaired) electrons. The summed E-state index contributed by atoms with van der Waals surface area (Å²) < 4.78 is 11.1. The van der Waals surface area contributed by atoms with Gasteiger partial charge in [0, 0.05) is 5.56 Å². The lowest BCUT2D eigenvalue weighted by molar-refractivity contribution is -0.115. The molecule has 1 fully saturated rings. The van der Waals surface area contributed by atoms with Crippen molar-refractivity contribution in [2.45, 2.75) is 13.3 Å². The van der Waals surface area contributed by atoms with Gasteiger partial charge < -0.3 is 14.8 Å². The molecular formula is C24H22N2O3S. The standard InChI is InChI=1S/C24H22N2O3S/c1-3-14-29-21-13-8-16-6-4-5-7-19(16)20(21)15-22-23(27)26-24(30-22)25-17-9-11-18(28-2)12-10-17/h4-13,15H,3,14H2,1-2H3,(H,25,26,27)/b22-15+. The number of nitrogens with one attached hydrogen (secondary N) is 1. The van der Waals surface area contributed by atoms with E-state index in [4.69, 9.17) is 9.47 Å². The van der Waals surface area contributed by atoms with E-state index in [1.54, 1.807) is 7.11 Å². The summed E-state index contributed by atoms with van der Waals surface area (Å²) in [6, 6.07) is 19.5. The normalized spacial score (nSPS) is 16.3. The van der Waals surface area contributed by atoms with E-state index in [2.05, 4.69) is 23.3 Å². The highest BCUT2D eigenvalue weighted by Crippen LogP contribution is 2.35. The van der Waals surface area contributed by atoms with Crippen LogP contribution >= 0.6 is 11.8 Å². The Morgan fingerprint density at radius 2 is 1.87 bits per heavy atom. The van der Waals surface area contributed by atoms with Gasteiger partial charge in [0.25, 0.3) is 5.91 Å². The zero-order valence-electron chi connectivity index (χ0n) is 16.8. The molecule has 0 atom stereocenters. The quantitative estimate of drug-likeness (QED) is 0.535. The highest BCUT2D eigenvalue weighted by atomic mass is 32.2. The van der Waals surface area contributed by atoms with Crippen LogP contribution in [0, 0.1) is 0 Å². The number of hydrogen-bond acceptors (Lipinski definition) is 5. The number of benzene rings is 3. The van der Waals surface area contributed by atoms with Crippen molar-refractivity contribution in [2.75, 3.05) is 13.7 Å². The molecule has 1 saturated heterocycles. The third kappa shape index (κ3) is 4.33. The maximum Gasteiger partial charge on any atom is 0.264 e. The Labute approximate surface area is 179 Å². The van der Waals surface area contributed by atoms with Gasteiger partial charge in [-0.1, -0.05) is 37.3 Å². The molecule has 1 aliphatic rings. The zero-order valence-corrected chi connectivity index (χ0v) is 17.7. The highest BCUT2D eigenvalue weighted by molar-refractivity contribution is 8.18. The van der Waals surface area contributed by atoms with Gasteiger partial charge in [-0.05, 0) is 65.4 Å². The Bertz CT molecular complexity index is 1140. The Balaban J connectivity index is 1.68. The predicted octanol–water partition coefficient (Wildman–Crippen LogP) is 5.53. The second-order valence-corrected chi connectivity index (χ2v) is 7.76. The number of methoxy groups -OCH3 is 1. The molecule has 3 aromatic carbocycles. The lowest BCUT2D eigenvalue weighted by Crippen LogP contribution is -2.19. The van der Waals surface area contributed by atoms with E-state index in [1.165, 1.54) is 11.8 Å². The maximum absolute atomic E-state index is 12.6. The summed E-state index contributed by atoms with van der Waals surface area (Å²) in [7, 11) is 1.62. The van der Waals surface area contributed by atoms with Crippen molar-refractivity contribution in [1.29, 1.82) is 0 Å². The molecule has 1 amide bonds. The summed E-state index contributed by atoms with van der Waals surface area (Å²) in [4.78, 5) is 17.7. The minimum Gasteiger partial charge on any atom is -0.497 e. The molecule has 0 unspecified atom stereocenters. The number of hydrogen-bond donors (Lipinski definition) is 1. The minimum absolute atomic E-state index is 0.165. The van der Waals surface area contributed by atoms with Crippen LogP contribution in [0.2, 0.25) is 0 Å². The molecule has 0 aromatic heterocycles. The van der Waals surface area contributed by atoms with Crippen LogP contribution in [0.3, 0.4) is 0 Å². The van der Waals surface area contributed by atoms with E-state index < -0.39 is 0 Å². The number of rotatable bonds is 6. The molecule has 0 bridgehead atoms. The number of fused-ring (bicyclic) bond motifs is 1. The summed E-state index contributed by atoms with van der Waals surface area (Å²) in [5.74, 6) is 1.37. The number of aliphatic imine (C=N–C) groups is 1. The van der Waals surface area contributed by atoms with Crippen LogP contribution in [0.4, 0.5) is 5.69 Å². The molecule has 1 aliphatic heterocycles. The molecule has 1 heterocycles. The third-order valence-corrected chi connectivity index (χ3v) is 5.53. The van der Waals surface area contributed by atoms with Gasteiger partial charge in [0.05, 0.1) is 24.3 Å². The molecule has 152 valence electrons. The Hall–Kier alpha value is -3.25. The van der Waals surface area contributed by atoms with Crippen molar-refractivity contribution < 1.29 is 14.3 Å². The largest absolute Gasteiger partial charge is 0.497 e. The summed E-state index contributed by atoms with van der Waals surface area (Å²) in [6.07, 6.45) is 2.81. The van der Waals surface area contributed by atoms with Crippen molar-refractivity contribution in [3.8, 4) is 11.5 Å². The van der Waals surface area contributed by atoms with Gasteiger partial charge in [0.1, 0.15) is 11.5 Å². The number of ether oxygens (including phenoxy) is 2. The zero-order chi connectivity index (χ0) is 20.9. The number of carbonyl (C=O) groups excluding carboxylic acids is 1. The average molecular weight is 419 g/mol. The second-order valence-electron chi connectivity index (χ2n) is 6.73. The van der Waals surface area contributed by atoms with Crippen molar-refractivity contribution in [1.82, 2.24) is 5.32 Å². The first-order chi connectivity index (χ1) is 14.7. The Morgan fingerprint density at radius 3 is 2.63 bits per heavy atom.